The van der Waals surface area contributed by atoms with Crippen LogP contribution in [0.4, 0.5) is 4.79 Å². The Labute approximate surface area is 81.1 Å². The van der Waals surface area contributed by atoms with Crippen molar-refractivity contribution in [3.8, 4) is 0 Å². The molecule has 1 amide bonds. The lowest BCUT2D eigenvalue weighted by atomic mass is 9.97. The summed E-state index contributed by atoms with van der Waals surface area (Å²) in [5, 5.41) is 17.0. The van der Waals surface area contributed by atoms with E-state index >= 15 is 0 Å². The van der Waals surface area contributed by atoms with E-state index in [0.717, 1.165) is 0 Å². The number of nitrogens with zero attached hydrogens (tertiary/aromatic N) is 1. The number of carbonyl (C=O) groups is 2. The van der Waals surface area contributed by atoms with Crippen LogP contribution in [0.3, 0.4) is 0 Å². The summed E-state index contributed by atoms with van der Waals surface area (Å²) in [6.45, 7) is 0.0824. The number of piperidine rings is 1. The molecule has 0 bridgehead atoms. The summed E-state index contributed by atoms with van der Waals surface area (Å²) in [5.74, 6) is -0.727. The Morgan fingerprint density at radius 1 is 1.36 bits per heavy atom. The van der Waals surface area contributed by atoms with Gasteiger partial charge in [0.1, 0.15) is 0 Å². The van der Waals surface area contributed by atoms with E-state index in [0.29, 0.717) is 25.9 Å². The molecule has 80 valence electrons. The van der Waals surface area contributed by atoms with E-state index < -0.39 is 18.9 Å². The minimum absolute atomic E-state index is 0.280. The molecule has 14 heavy (non-hydrogen) atoms. The number of hydrogen-bond donors (Lipinski definition) is 2. The number of esters is 1. The summed E-state index contributed by atoms with van der Waals surface area (Å²) in [5.41, 5.74) is 0. The number of carbonyl (C=O) groups excluding carboxylic acids is 1. The molecule has 0 aromatic rings. The molecule has 1 aliphatic heterocycles. The van der Waals surface area contributed by atoms with Crippen LogP contribution >= 0.6 is 0 Å². The van der Waals surface area contributed by atoms with Crippen molar-refractivity contribution in [3.63, 3.8) is 0 Å². The van der Waals surface area contributed by atoms with Crippen LogP contribution in [0.25, 0.3) is 0 Å². The molecule has 6 nitrogen and oxygen atoms in total. The zero-order chi connectivity index (χ0) is 10.6. The fourth-order valence-corrected chi connectivity index (χ4v) is 1.49. The van der Waals surface area contributed by atoms with E-state index in [-0.39, 0.29) is 5.92 Å². The third-order valence-corrected chi connectivity index (χ3v) is 2.31. The standard InChI is InChI=1S/C8H13NO5/c10-5-14-7(11)6-1-3-9(4-2-6)8(12)13/h6,10H,1-5H2,(H,12,13). The van der Waals surface area contributed by atoms with Gasteiger partial charge < -0.3 is 19.8 Å². The van der Waals surface area contributed by atoms with E-state index in [1.54, 1.807) is 0 Å². The maximum Gasteiger partial charge on any atom is 0.407 e. The van der Waals surface area contributed by atoms with Gasteiger partial charge in [-0.25, -0.2) is 4.79 Å². The van der Waals surface area contributed by atoms with Crippen molar-refractivity contribution in [1.82, 2.24) is 4.90 Å². The number of carboxylic acid groups (broad SMARTS) is 1. The fourth-order valence-electron chi connectivity index (χ4n) is 1.49. The lowest BCUT2D eigenvalue weighted by Gasteiger charge is -2.28. The molecule has 1 aliphatic rings. The molecule has 0 aliphatic carbocycles. The normalized spacial score (nSPS) is 17.9. The van der Waals surface area contributed by atoms with Crippen molar-refractivity contribution in [1.29, 1.82) is 0 Å². The first-order valence-corrected chi connectivity index (χ1v) is 4.40. The number of likely N-dealkylation sites (tertiary alicyclic amines) is 1. The van der Waals surface area contributed by atoms with Crippen LogP contribution in [0, 0.1) is 5.92 Å². The van der Waals surface area contributed by atoms with Gasteiger partial charge in [-0.05, 0) is 12.8 Å². The van der Waals surface area contributed by atoms with Gasteiger partial charge >= 0.3 is 12.1 Å². The fraction of sp³-hybridized carbons (Fsp3) is 0.750. The van der Waals surface area contributed by atoms with Crippen molar-refractivity contribution in [3.05, 3.63) is 0 Å². The molecule has 2 N–H and O–H groups in total. The summed E-state index contributed by atoms with van der Waals surface area (Å²) in [6, 6.07) is 0. The molecule has 0 aromatic carbocycles. The van der Waals surface area contributed by atoms with Crippen molar-refractivity contribution in [2.24, 2.45) is 5.92 Å². The Bertz CT molecular complexity index is 222. The van der Waals surface area contributed by atoms with Gasteiger partial charge in [-0.3, -0.25) is 4.79 Å². The third kappa shape index (κ3) is 2.59. The average Bonchev–Trinajstić information content (AvgIpc) is 2.18. The van der Waals surface area contributed by atoms with Gasteiger partial charge in [0, 0.05) is 13.1 Å². The van der Waals surface area contributed by atoms with Crippen molar-refractivity contribution >= 4 is 12.1 Å². The molecule has 6 heteroatoms. The number of aliphatic hydroxyl groups is 1. The summed E-state index contributed by atoms with van der Waals surface area (Å²) < 4.78 is 4.43. The largest absolute Gasteiger partial charge is 0.465 e. The minimum Gasteiger partial charge on any atom is -0.465 e. The Morgan fingerprint density at radius 2 is 1.93 bits per heavy atom. The summed E-state index contributed by atoms with van der Waals surface area (Å²) in [6.07, 6.45) is -0.0324. The molecule has 1 fully saturated rings. The highest BCUT2D eigenvalue weighted by Crippen LogP contribution is 2.18. The van der Waals surface area contributed by atoms with E-state index in [2.05, 4.69) is 4.74 Å². The summed E-state index contributed by atoms with van der Waals surface area (Å²) in [4.78, 5) is 22.9. The number of aliphatic hydroxyl groups excluding tert-OH is 1. The van der Waals surface area contributed by atoms with Crippen LogP contribution in [-0.4, -0.2) is 47.1 Å². The van der Waals surface area contributed by atoms with Crippen molar-refractivity contribution in [2.75, 3.05) is 19.9 Å². The third-order valence-electron chi connectivity index (χ3n) is 2.31. The highest BCUT2D eigenvalue weighted by molar-refractivity contribution is 5.73. The quantitative estimate of drug-likeness (QED) is 0.482. The van der Waals surface area contributed by atoms with E-state index in [1.807, 2.05) is 0 Å². The molecule has 1 rings (SSSR count). The van der Waals surface area contributed by atoms with Gasteiger partial charge in [-0.1, -0.05) is 0 Å². The van der Waals surface area contributed by atoms with E-state index in [1.165, 1.54) is 4.90 Å². The minimum atomic E-state index is -0.959. The van der Waals surface area contributed by atoms with Gasteiger partial charge in [-0.2, -0.15) is 0 Å². The predicted molar refractivity (Wildman–Crippen MR) is 45.5 cm³/mol. The van der Waals surface area contributed by atoms with Gasteiger partial charge in [0.05, 0.1) is 5.92 Å². The van der Waals surface area contributed by atoms with Crippen molar-refractivity contribution < 1.29 is 24.5 Å². The first kappa shape index (κ1) is 10.8. The van der Waals surface area contributed by atoms with Gasteiger partial charge in [-0.15, -0.1) is 0 Å². The Kier molecular flexibility index (Phi) is 3.70. The van der Waals surface area contributed by atoms with Crippen LogP contribution in [0.2, 0.25) is 0 Å². The second-order valence-corrected chi connectivity index (χ2v) is 3.14. The lowest BCUT2D eigenvalue weighted by Crippen LogP contribution is -2.39. The molecule has 0 atom stereocenters. The van der Waals surface area contributed by atoms with E-state index in [4.69, 9.17) is 10.2 Å². The molecule has 0 spiro atoms. The number of amides is 1. The van der Waals surface area contributed by atoms with Crippen LogP contribution in [-0.2, 0) is 9.53 Å². The summed E-state index contributed by atoms with van der Waals surface area (Å²) in [7, 11) is 0. The highest BCUT2D eigenvalue weighted by atomic mass is 16.6. The first-order valence-electron chi connectivity index (χ1n) is 4.40. The zero-order valence-corrected chi connectivity index (χ0v) is 7.68. The maximum absolute atomic E-state index is 11.1. The van der Waals surface area contributed by atoms with Gasteiger partial charge in [0.25, 0.3) is 0 Å². The van der Waals surface area contributed by atoms with Crippen LogP contribution < -0.4 is 0 Å². The highest BCUT2D eigenvalue weighted by Gasteiger charge is 2.27. The number of hydrogen-bond acceptors (Lipinski definition) is 4. The maximum atomic E-state index is 11.1. The SMILES string of the molecule is O=C(OCO)C1CCN(C(=O)O)CC1. The van der Waals surface area contributed by atoms with Gasteiger partial charge in [0.15, 0.2) is 6.79 Å². The molecular formula is C8H13NO5. The van der Waals surface area contributed by atoms with Crippen LogP contribution in [0.1, 0.15) is 12.8 Å². The van der Waals surface area contributed by atoms with E-state index in [9.17, 15) is 9.59 Å². The lowest BCUT2D eigenvalue weighted by molar-refractivity contribution is -0.158. The molecule has 0 unspecified atom stereocenters. The van der Waals surface area contributed by atoms with Crippen LogP contribution in [0.15, 0.2) is 0 Å². The Balaban J connectivity index is 2.35. The molecule has 0 radical (unpaired) electrons. The smallest absolute Gasteiger partial charge is 0.407 e. The number of rotatable bonds is 2. The molecule has 0 aromatic heterocycles. The molecular weight excluding hydrogens is 190 g/mol. The number of ether oxygens (including phenoxy) is 1. The molecule has 1 saturated heterocycles. The first-order chi connectivity index (χ1) is 6.65. The topological polar surface area (TPSA) is 87.1 Å². The van der Waals surface area contributed by atoms with Crippen LogP contribution in [0.5, 0.6) is 0 Å². The monoisotopic (exact) mass is 203 g/mol. The molecule has 1 heterocycles. The van der Waals surface area contributed by atoms with Crippen molar-refractivity contribution in [2.45, 2.75) is 12.8 Å². The summed E-state index contributed by atoms with van der Waals surface area (Å²) >= 11 is 0. The predicted octanol–water partition coefficient (Wildman–Crippen LogP) is -0.131. The second kappa shape index (κ2) is 4.80. The Morgan fingerprint density at radius 3 is 2.36 bits per heavy atom. The Hall–Kier alpha value is -1.30. The zero-order valence-electron chi connectivity index (χ0n) is 7.68. The molecule has 0 saturated carbocycles. The average molecular weight is 203 g/mol. The van der Waals surface area contributed by atoms with Gasteiger partial charge in [0.2, 0.25) is 0 Å². The second-order valence-electron chi connectivity index (χ2n) is 3.14.